The molecule has 0 bridgehead atoms. The van der Waals surface area contributed by atoms with E-state index in [0.717, 1.165) is 10.4 Å². The first kappa shape index (κ1) is 14.3. The average Bonchev–Trinajstić information content (AvgIpc) is 2.86. The fourth-order valence-corrected chi connectivity index (χ4v) is 4.04. The molecule has 1 fully saturated rings. The van der Waals surface area contributed by atoms with Gasteiger partial charge in [-0.15, -0.1) is 11.3 Å². The van der Waals surface area contributed by atoms with Gasteiger partial charge in [-0.2, -0.15) is 0 Å². The molecule has 2 heterocycles. The van der Waals surface area contributed by atoms with E-state index in [4.69, 9.17) is 11.6 Å². The van der Waals surface area contributed by atoms with Gasteiger partial charge in [0.25, 0.3) is 0 Å². The Morgan fingerprint density at radius 2 is 1.95 bits per heavy atom. The van der Waals surface area contributed by atoms with Gasteiger partial charge < -0.3 is 0 Å². The molecule has 108 valence electrons. The molecule has 21 heavy (non-hydrogen) atoms. The van der Waals surface area contributed by atoms with E-state index in [1.165, 1.54) is 4.88 Å². The van der Waals surface area contributed by atoms with Crippen LogP contribution in [0.4, 0.5) is 0 Å². The van der Waals surface area contributed by atoms with E-state index < -0.39 is 5.92 Å². The van der Waals surface area contributed by atoms with Crippen molar-refractivity contribution in [2.24, 2.45) is 0 Å². The first-order chi connectivity index (χ1) is 10.1. The van der Waals surface area contributed by atoms with Crippen molar-refractivity contribution in [1.29, 1.82) is 0 Å². The van der Waals surface area contributed by atoms with Crippen LogP contribution in [0.3, 0.4) is 0 Å². The highest BCUT2D eigenvalue weighted by atomic mass is 35.5. The fourth-order valence-electron chi connectivity index (χ4n) is 2.77. The van der Waals surface area contributed by atoms with Gasteiger partial charge in [0.2, 0.25) is 11.8 Å². The van der Waals surface area contributed by atoms with Crippen molar-refractivity contribution >= 4 is 34.8 Å². The molecule has 5 heteroatoms. The van der Waals surface area contributed by atoms with Crippen molar-refractivity contribution in [3.8, 4) is 0 Å². The quantitative estimate of drug-likeness (QED) is 0.859. The van der Waals surface area contributed by atoms with Crippen LogP contribution in [0.5, 0.6) is 0 Å². The minimum absolute atomic E-state index is 0.148. The number of carbonyl (C=O) groups is 2. The van der Waals surface area contributed by atoms with Crippen LogP contribution >= 0.6 is 22.9 Å². The first-order valence-corrected chi connectivity index (χ1v) is 7.90. The number of piperidine rings is 1. The zero-order chi connectivity index (χ0) is 15.0. The van der Waals surface area contributed by atoms with E-state index in [0.29, 0.717) is 11.4 Å². The Kier molecular flexibility index (Phi) is 3.83. The summed E-state index contributed by atoms with van der Waals surface area (Å²) in [6.07, 6.45) is 0.307. The molecule has 2 unspecified atom stereocenters. The number of thiophene rings is 1. The number of amides is 2. The van der Waals surface area contributed by atoms with Crippen molar-refractivity contribution in [3.05, 3.63) is 56.7 Å². The van der Waals surface area contributed by atoms with Crippen LogP contribution in [0.25, 0.3) is 0 Å². The molecule has 1 aromatic carbocycles. The van der Waals surface area contributed by atoms with Crippen LogP contribution in [-0.4, -0.2) is 11.8 Å². The molecule has 3 nitrogen and oxygen atoms in total. The SMILES string of the molecule is Cc1ccc(C2CC(=O)NC(=O)C2c2ccccc2Cl)s1. The highest BCUT2D eigenvalue weighted by Gasteiger charge is 2.39. The van der Waals surface area contributed by atoms with Gasteiger partial charge in [-0.3, -0.25) is 14.9 Å². The van der Waals surface area contributed by atoms with Crippen LogP contribution in [0.15, 0.2) is 36.4 Å². The third-order valence-electron chi connectivity index (χ3n) is 3.72. The molecule has 0 radical (unpaired) electrons. The summed E-state index contributed by atoms with van der Waals surface area (Å²) < 4.78 is 0. The third-order valence-corrected chi connectivity index (χ3v) is 5.20. The highest BCUT2D eigenvalue weighted by Crippen LogP contribution is 2.42. The Morgan fingerprint density at radius 3 is 2.62 bits per heavy atom. The van der Waals surface area contributed by atoms with Gasteiger partial charge in [-0.05, 0) is 30.7 Å². The predicted octanol–water partition coefficient (Wildman–Crippen LogP) is 3.62. The number of benzene rings is 1. The lowest BCUT2D eigenvalue weighted by molar-refractivity contribution is -0.135. The van der Waals surface area contributed by atoms with Crippen molar-refractivity contribution in [3.63, 3.8) is 0 Å². The number of nitrogens with one attached hydrogen (secondary N) is 1. The van der Waals surface area contributed by atoms with Gasteiger partial charge in [0.1, 0.15) is 0 Å². The van der Waals surface area contributed by atoms with Gasteiger partial charge in [-0.25, -0.2) is 0 Å². The summed E-state index contributed by atoms with van der Waals surface area (Å²) in [6, 6.07) is 11.3. The molecule has 0 saturated carbocycles. The van der Waals surface area contributed by atoms with Crippen LogP contribution in [0.2, 0.25) is 5.02 Å². The van der Waals surface area contributed by atoms with E-state index in [9.17, 15) is 9.59 Å². The minimum atomic E-state index is -0.422. The van der Waals surface area contributed by atoms with E-state index >= 15 is 0 Å². The monoisotopic (exact) mass is 319 g/mol. The van der Waals surface area contributed by atoms with Crippen molar-refractivity contribution < 1.29 is 9.59 Å². The van der Waals surface area contributed by atoms with Gasteiger partial charge in [0, 0.05) is 27.1 Å². The summed E-state index contributed by atoms with van der Waals surface area (Å²) in [7, 11) is 0. The van der Waals surface area contributed by atoms with E-state index in [2.05, 4.69) is 5.32 Å². The zero-order valence-electron chi connectivity index (χ0n) is 11.4. The minimum Gasteiger partial charge on any atom is -0.296 e. The summed E-state index contributed by atoms with van der Waals surface area (Å²) in [6.45, 7) is 2.02. The van der Waals surface area contributed by atoms with Crippen molar-refractivity contribution in [2.45, 2.75) is 25.2 Å². The van der Waals surface area contributed by atoms with Crippen molar-refractivity contribution in [1.82, 2.24) is 5.32 Å². The summed E-state index contributed by atoms with van der Waals surface area (Å²) in [5.74, 6) is -1.06. The Bertz CT molecular complexity index is 710. The van der Waals surface area contributed by atoms with Gasteiger partial charge in [0.05, 0.1) is 5.92 Å². The van der Waals surface area contributed by atoms with E-state index in [1.807, 2.05) is 37.3 Å². The molecule has 1 N–H and O–H groups in total. The van der Waals surface area contributed by atoms with Crippen LogP contribution in [0, 0.1) is 6.92 Å². The zero-order valence-corrected chi connectivity index (χ0v) is 13.0. The maximum atomic E-state index is 12.4. The second-order valence-corrected chi connectivity index (χ2v) is 6.90. The molecular weight excluding hydrogens is 306 g/mol. The Hall–Kier alpha value is -1.65. The van der Waals surface area contributed by atoms with Gasteiger partial charge in [0.15, 0.2) is 0 Å². The lowest BCUT2D eigenvalue weighted by Crippen LogP contribution is -2.43. The second-order valence-electron chi connectivity index (χ2n) is 5.17. The highest BCUT2D eigenvalue weighted by molar-refractivity contribution is 7.12. The van der Waals surface area contributed by atoms with Crippen molar-refractivity contribution in [2.75, 3.05) is 0 Å². The summed E-state index contributed by atoms with van der Waals surface area (Å²) in [5, 5.41) is 2.99. The number of hydrogen-bond acceptors (Lipinski definition) is 3. The lowest BCUT2D eigenvalue weighted by Gasteiger charge is -2.30. The number of halogens is 1. The average molecular weight is 320 g/mol. The lowest BCUT2D eigenvalue weighted by atomic mass is 9.79. The molecule has 3 rings (SSSR count). The number of imide groups is 1. The van der Waals surface area contributed by atoms with Crippen LogP contribution in [-0.2, 0) is 9.59 Å². The molecule has 2 amide bonds. The molecule has 1 aliphatic rings. The number of aryl methyl sites for hydroxylation is 1. The second kappa shape index (κ2) is 5.62. The maximum Gasteiger partial charge on any atom is 0.234 e. The number of carbonyl (C=O) groups excluding carboxylic acids is 2. The first-order valence-electron chi connectivity index (χ1n) is 6.70. The molecule has 1 aromatic heterocycles. The fraction of sp³-hybridized carbons (Fsp3) is 0.250. The van der Waals surface area contributed by atoms with E-state index in [-0.39, 0.29) is 17.7 Å². The topological polar surface area (TPSA) is 46.2 Å². The molecule has 1 aliphatic heterocycles. The summed E-state index contributed by atoms with van der Waals surface area (Å²) in [5.41, 5.74) is 0.778. The number of rotatable bonds is 2. The Labute approximate surface area is 131 Å². The van der Waals surface area contributed by atoms with Crippen LogP contribution in [0.1, 0.15) is 33.6 Å². The Morgan fingerprint density at radius 1 is 1.19 bits per heavy atom. The van der Waals surface area contributed by atoms with Gasteiger partial charge in [-0.1, -0.05) is 29.8 Å². The predicted molar refractivity (Wildman–Crippen MR) is 83.8 cm³/mol. The van der Waals surface area contributed by atoms with Gasteiger partial charge >= 0.3 is 0 Å². The summed E-state index contributed by atoms with van der Waals surface area (Å²) in [4.78, 5) is 26.4. The maximum absolute atomic E-state index is 12.4. The van der Waals surface area contributed by atoms with E-state index in [1.54, 1.807) is 17.4 Å². The summed E-state index contributed by atoms with van der Waals surface area (Å²) >= 11 is 7.88. The normalized spacial score (nSPS) is 22.2. The molecule has 1 saturated heterocycles. The molecule has 0 aliphatic carbocycles. The molecule has 2 atom stereocenters. The third kappa shape index (κ3) is 2.74. The largest absolute Gasteiger partial charge is 0.296 e. The standard InChI is InChI=1S/C16H14ClNO2S/c1-9-6-7-13(21-9)11-8-14(19)18-16(20)15(11)10-4-2-3-5-12(10)17/h2-7,11,15H,8H2,1H3,(H,18,19,20). The Balaban J connectivity index is 2.07. The molecule has 0 spiro atoms. The molecular formula is C16H14ClNO2S. The smallest absolute Gasteiger partial charge is 0.234 e. The van der Waals surface area contributed by atoms with Crippen LogP contribution < -0.4 is 5.32 Å². The number of hydrogen-bond donors (Lipinski definition) is 1. The molecule has 2 aromatic rings.